The lowest BCUT2D eigenvalue weighted by atomic mass is 10.2. The van der Waals surface area contributed by atoms with Crippen LogP contribution in [0.3, 0.4) is 0 Å². The Morgan fingerprint density at radius 1 is 1.37 bits per heavy atom. The summed E-state index contributed by atoms with van der Waals surface area (Å²) in [5.74, 6) is 0.116. The van der Waals surface area contributed by atoms with Crippen LogP contribution < -0.4 is 10.5 Å². The molecule has 0 saturated heterocycles. The second kappa shape index (κ2) is 5.40. The van der Waals surface area contributed by atoms with Crippen LogP contribution in [0.4, 0.5) is 5.69 Å². The quantitative estimate of drug-likeness (QED) is 0.665. The lowest BCUT2D eigenvalue weighted by Gasteiger charge is -2.06. The molecule has 19 heavy (non-hydrogen) atoms. The summed E-state index contributed by atoms with van der Waals surface area (Å²) in [6, 6.07) is 4.87. The topological polar surface area (TPSA) is 104 Å². The highest BCUT2D eigenvalue weighted by molar-refractivity contribution is 5.52. The molecule has 98 valence electrons. The molecule has 0 spiro atoms. The molecule has 2 N–H and O–H groups in total. The molecule has 7 nitrogen and oxygen atoms in total. The normalized spacial score (nSPS) is 10.2. The van der Waals surface area contributed by atoms with Gasteiger partial charge in [-0.15, -0.1) is 0 Å². The zero-order chi connectivity index (χ0) is 13.8. The molecule has 0 radical (unpaired) electrons. The highest BCUT2D eigenvalue weighted by Crippen LogP contribution is 2.32. The third kappa shape index (κ3) is 2.83. The van der Waals surface area contributed by atoms with E-state index in [0.29, 0.717) is 12.1 Å². The number of ether oxygens (including phenoxy) is 1. The van der Waals surface area contributed by atoms with Crippen molar-refractivity contribution in [1.82, 2.24) is 9.97 Å². The van der Waals surface area contributed by atoms with Crippen LogP contribution in [0.1, 0.15) is 11.1 Å². The van der Waals surface area contributed by atoms with Gasteiger partial charge in [-0.3, -0.25) is 10.1 Å². The monoisotopic (exact) mass is 260 g/mol. The Labute approximate surface area is 109 Å². The van der Waals surface area contributed by atoms with Gasteiger partial charge >= 0.3 is 11.7 Å². The second-order valence-corrected chi connectivity index (χ2v) is 3.86. The van der Waals surface area contributed by atoms with Gasteiger partial charge in [-0.1, -0.05) is 12.1 Å². The molecule has 1 heterocycles. The molecule has 2 rings (SSSR count). The first-order chi connectivity index (χ1) is 9.11. The minimum absolute atomic E-state index is 0.0471. The fourth-order valence-corrected chi connectivity index (χ4v) is 1.55. The lowest BCUT2D eigenvalue weighted by Crippen LogP contribution is -2.01. The van der Waals surface area contributed by atoms with Crippen molar-refractivity contribution in [2.75, 3.05) is 0 Å². The van der Waals surface area contributed by atoms with Crippen LogP contribution in [0.25, 0.3) is 0 Å². The van der Waals surface area contributed by atoms with Gasteiger partial charge in [-0.2, -0.15) is 0 Å². The molecular formula is C12H12N4O3. The highest BCUT2D eigenvalue weighted by atomic mass is 16.6. The van der Waals surface area contributed by atoms with Crippen molar-refractivity contribution in [2.24, 2.45) is 5.73 Å². The molecule has 0 amide bonds. The Balaban J connectivity index is 2.32. The van der Waals surface area contributed by atoms with Crippen molar-refractivity contribution in [2.45, 2.75) is 13.5 Å². The summed E-state index contributed by atoms with van der Waals surface area (Å²) in [5, 5.41) is 11.0. The van der Waals surface area contributed by atoms with Gasteiger partial charge in [0.2, 0.25) is 5.75 Å². The third-order valence-electron chi connectivity index (χ3n) is 2.50. The average molecular weight is 260 g/mol. The second-order valence-electron chi connectivity index (χ2n) is 3.86. The summed E-state index contributed by atoms with van der Waals surface area (Å²) < 4.78 is 5.35. The van der Waals surface area contributed by atoms with Crippen molar-refractivity contribution in [3.63, 3.8) is 0 Å². The van der Waals surface area contributed by atoms with E-state index in [-0.39, 0.29) is 17.4 Å². The number of nitrogens with zero attached hydrogens (tertiary/aromatic N) is 3. The van der Waals surface area contributed by atoms with Crippen LogP contribution in [-0.2, 0) is 6.54 Å². The predicted molar refractivity (Wildman–Crippen MR) is 67.8 cm³/mol. The van der Waals surface area contributed by atoms with E-state index in [4.69, 9.17) is 10.5 Å². The number of para-hydroxylation sites is 1. The van der Waals surface area contributed by atoms with Gasteiger partial charge < -0.3 is 10.5 Å². The fourth-order valence-electron chi connectivity index (χ4n) is 1.55. The Bertz CT molecular complexity index is 598. The summed E-state index contributed by atoms with van der Waals surface area (Å²) in [7, 11) is 0. The minimum atomic E-state index is -0.487. The summed E-state index contributed by atoms with van der Waals surface area (Å²) in [4.78, 5) is 18.4. The molecule has 0 fully saturated rings. The molecule has 2 aromatic rings. The number of nitro groups is 1. The zero-order valence-corrected chi connectivity index (χ0v) is 10.2. The third-order valence-corrected chi connectivity index (χ3v) is 2.50. The number of nitrogens with two attached hydrogens (primary N) is 1. The van der Waals surface area contributed by atoms with E-state index in [1.54, 1.807) is 19.1 Å². The Kier molecular flexibility index (Phi) is 3.67. The summed E-state index contributed by atoms with van der Waals surface area (Å²) in [6.45, 7) is 1.97. The van der Waals surface area contributed by atoms with Gasteiger partial charge in [0, 0.05) is 30.1 Å². The van der Waals surface area contributed by atoms with Crippen LogP contribution in [0.15, 0.2) is 30.6 Å². The number of nitro benzene ring substituents is 1. The molecule has 7 heteroatoms. The van der Waals surface area contributed by atoms with E-state index >= 15 is 0 Å². The Hall–Kier alpha value is -2.54. The van der Waals surface area contributed by atoms with Gasteiger partial charge in [-0.25, -0.2) is 9.97 Å². The largest absolute Gasteiger partial charge is 0.417 e. The van der Waals surface area contributed by atoms with Crippen LogP contribution >= 0.6 is 0 Å². The maximum absolute atomic E-state index is 11.0. The number of aryl methyl sites for hydroxylation is 1. The molecule has 0 unspecified atom stereocenters. The van der Waals surface area contributed by atoms with Crippen LogP contribution in [0.5, 0.6) is 11.8 Å². The number of aromatic nitrogens is 2. The molecule has 0 aliphatic carbocycles. The van der Waals surface area contributed by atoms with Gasteiger partial charge in [-0.05, 0) is 13.0 Å². The van der Waals surface area contributed by atoms with Gasteiger partial charge in [0.15, 0.2) is 0 Å². The van der Waals surface area contributed by atoms with Crippen LogP contribution in [-0.4, -0.2) is 14.9 Å². The highest BCUT2D eigenvalue weighted by Gasteiger charge is 2.19. The molecule has 0 atom stereocenters. The first kappa shape index (κ1) is 12.9. The number of benzene rings is 1. The molecule has 1 aromatic heterocycles. The molecular weight excluding hydrogens is 248 g/mol. The standard InChI is InChI=1S/C12H12N4O3/c1-8-3-2-4-10(11(8)16(17)18)19-12-14-6-9(5-13)7-15-12/h2-4,6-7H,5,13H2,1H3. The minimum Gasteiger partial charge on any atom is -0.417 e. The first-order valence-electron chi connectivity index (χ1n) is 5.54. The summed E-state index contributed by atoms with van der Waals surface area (Å²) >= 11 is 0. The first-order valence-corrected chi connectivity index (χ1v) is 5.54. The van der Waals surface area contributed by atoms with Crippen molar-refractivity contribution >= 4 is 5.69 Å². The summed E-state index contributed by atoms with van der Waals surface area (Å²) in [6.07, 6.45) is 3.04. The zero-order valence-electron chi connectivity index (χ0n) is 10.2. The summed E-state index contributed by atoms with van der Waals surface area (Å²) in [5.41, 5.74) is 6.61. The lowest BCUT2D eigenvalue weighted by molar-refractivity contribution is -0.386. The SMILES string of the molecule is Cc1cccc(Oc2ncc(CN)cn2)c1[N+](=O)[O-]. The van der Waals surface area contributed by atoms with E-state index in [2.05, 4.69) is 9.97 Å². The van der Waals surface area contributed by atoms with Crippen LogP contribution in [0, 0.1) is 17.0 Å². The van der Waals surface area contributed by atoms with Crippen molar-refractivity contribution in [1.29, 1.82) is 0 Å². The average Bonchev–Trinajstić information content (AvgIpc) is 2.39. The van der Waals surface area contributed by atoms with Gasteiger partial charge in [0.25, 0.3) is 0 Å². The molecule has 0 aliphatic heterocycles. The van der Waals surface area contributed by atoms with E-state index in [0.717, 1.165) is 5.56 Å². The molecule has 0 bridgehead atoms. The predicted octanol–water partition coefficient (Wildman–Crippen LogP) is 1.94. The maximum atomic E-state index is 11.0. The molecule has 1 aromatic carbocycles. The Morgan fingerprint density at radius 2 is 2.05 bits per heavy atom. The Morgan fingerprint density at radius 3 is 2.63 bits per heavy atom. The molecule has 0 aliphatic rings. The number of hydrogen-bond donors (Lipinski definition) is 1. The van der Waals surface area contributed by atoms with E-state index < -0.39 is 4.92 Å². The maximum Gasteiger partial charge on any atom is 0.322 e. The van der Waals surface area contributed by atoms with Crippen molar-refractivity contribution < 1.29 is 9.66 Å². The fraction of sp³-hybridized carbons (Fsp3) is 0.167. The number of hydrogen-bond acceptors (Lipinski definition) is 6. The van der Waals surface area contributed by atoms with Crippen LogP contribution in [0.2, 0.25) is 0 Å². The van der Waals surface area contributed by atoms with E-state index in [1.807, 2.05) is 0 Å². The van der Waals surface area contributed by atoms with Gasteiger partial charge in [0.1, 0.15) is 0 Å². The van der Waals surface area contributed by atoms with E-state index in [1.165, 1.54) is 18.5 Å². The number of rotatable bonds is 4. The van der Waals surface area contributed by atoms with Crippen molar-refractivity contribution in [3.05, 3.63) is 51.8 Å². The molecule has 0 saturated carbocycles. The smallest absolute Gasteiger partial charge is 0.322 e. The van der Waals surface area contributed by atoms with Crippen molar-refractivity contribution in [3.8, 4) is 11.8 Å². The van der Waals surface area contributed by atoms with Gasteiger partial charge in [0.05, 0.1) is 4.92 Å². The van der Waals surface area contributed by atoms with E-state index in [9.17, 15) is 10.1 Å².